The zero-order valence-corrected chi connectivity index (χ0v) is 8.17. The standard InChI is InChI=1S/C9H19NO2/c1-7(9(11-2)12-3)10-8-5-4-6-8/h7-10H,4-6H2,1-3H3. The van der Waals surface area contributed by atoms with Crippen LogP contribution in [-0.2, 0) is 9.47 Å². The van der Waals surface area contributed by atoms with Gasteiger partial charge in [0.05, 0.1) is 6.04 Å². The fourth-order valence-corrected chi connectivity index (χ4v) is 1.53. The van der Waals surface area contributed by atoms with Crippen molar-refractivity contribution in [2.45, 2.75) is 44.6 Å². The Labute approximate surface area is 74.4 Å². The summed E-state index contributed by atoms with van der Waals surface area (Å²) in [5, 5.41) is 3.47. The monoisotopic (exact) mass is 173 g/mol. The minimum absolute atomic E-state index is 0.120. The summed E-state index contributed by atoms with van der Waals surface area (Å²) >= 11 is 0. The molecule has 0 aromatic carbocycles. The highest BCUT2D eigenvalue weighted by Crippen LogP contribution is 2.19. The average Bonchev–Trinajstić information content (AvgIpc) is 1.99. The average molecular weight is 173 g/mol. The third-order valence-electron chi connectivity index (χ3n) is 2.48. The number of nitrogens with one attached hydrogen (secondary N) is 1. The van der Waals surface area contributed by atoms with Crippen LogP contribution in [0.5, 0.6) is 0 Å². The Morgan fingerprint density at radius 1 is 1.25 bits per heavy atom. The van der Waals surface area contributed by atoms with Crippen LogP contribution in [0.2, 0.25) is 0 Å². The fourth-order valence-electron chi connectivity index (χ4n) is 1.53. The molecule has 1 atom stereocenters. The Morgan fingerprint density at radius 3 is 2.17 bits per heavy atom. The zero-order valence-electron chi connectivity index (χ0n) is 8.17. The third kappa shape index (κ3) is 2.44. The van der Waals surface area contributed by atoms with E-state index in [1.807, 2.05) is 0 Å². The summed E-state index contributed by atoms with van der Waals surface area (Å²) < 4.78 is 10.3. The van der Waals surface area contributed by atoms with E-state index in [1.54, 1.807) is 14.2 Å². The first-order valence-electron chi connectivity index (χ1n) is 4.59. The van der Waals surface area contributed by atoms with Gasteiger partial charge in [0.15, 0.2) is 6.29 Å². The molecule has 1 aliphatic rings. The van der Waals surface area contributed by atoms with Crippen LogP contribution in [0.1, 0.15) is 26.2 Å². The summed E-state index contributed by atoms with van der Waals surface area (Å²) in [4.78, 5) is 0. The first-order valence-corrected chi connectivity index (χ1v) is 4.59. The van der Waals surface area contributed by atoms with Gasteiger partial charge in [0.1, 0.15) is 0 Å². The summed E-state index contributed by atoms with van der Waals surface area (Å²) in [7, 11) is 3.35. The van der Waals surface area contributed by atoms with E-state index in [0.717, 1.165) is 0 Å². The van der Waals surface area contributed by atoms with Gasteiger partial charge in [-0.1, -0.05) is 6.42 Å². The molecule has 1 rings (SSSR count). The lowest BCUT2D eigenvalue weighted by Crippen LogP contribution is -2.47. The lowest BCUT2D eigenvalue weighted by molar-refractivity contribution is -0.122. The maximum Gasteiger partial charge on any atom is 0.171 e. The van der Waals surface area contributed by atoms with Crippen molar-refractivity contribution in [2.24, 2.45) is 0 Å². The van der Waals surface area contributed by atoms with E-state index in [9.17, 15) is 0 Å². The van der Waals surface area contributed by atoms with Crippen LogP contribution in [0.4, 0.5) is 0 Å². The second-order valence-corrected chi connectivity index (χ2v) is 3.42. The number of rotatable bonds is 5. The Hall–Kier alpha value is -0.120. The van der Waals surface area contributed by atoms with Crippen LogP contribution < -0.4 is 5.32 Å². The van der Waals surface area contributed by atoms with Crippen molar-refractivity contribution in [3.05, 3.63) is 0 Å². The van der Waals surface area contributed by atoms with Crippen LogP contribution in [0.25, 0.3) is 0 Å². The summed E-state index contributed by atoms with van der Waals surface area (Å²) in [6.07, 6.45) is 3.83. The molecule has 0 aliphatic heterocycles. The van der Waals surface area contributed by atoms with Crippen LogP contribution in [-0.4, -0.2) is 32.6 Å². The van der Waals surface area contributed by atoms with E-state index in [1.165, 1.54) is 19.3 Å². The summed E-state index contributed by atoms with van der Waals surface area (Å²) in [6.45, 7) is 2.09. The van der Waals surface area contributed by atoms with Gasteiger partial charge in [-0.3, -0.25) is 0 Å². The van der Waals surface area contributed by atoms with Crippen LogP contribution >= 0.6 is 0 Å². The van der Waals surface area contributed by atoms with Crippen molar-refractivity contribution in [3.63, 3.8) is 0 Å². The second kappa shape index (κ2) is 4.80. The summed E-state index contributed by atoms with van der Waals surface area (Å²) in [6, 6.07) is 0.970. The third-order valence-corrected chi connectivity index (χ3v) is 2.48. The molecule has 1 saturated carbocycles. The van der Waals surface area contributed by atoms with Crippen molar-refractivity contribution in [1.82, 2.24) is 5.32 Å². The highest BCUT2D eigenvalue weighted by atomic mass is 16.7. The molecule has 0 amide bonds. The van der Waals surface area contributed by atoms with Crippen molar-refractivity contribution in [2.75, 3.05) is 14.2 Å². The van der Waals surface area contributed by atoms with Gasteiger partial charge in [-0.05, 0) is 19.8 Å². The predicted octanol–water partition coefficient (Wildman–Crippen LogP) is 1.14. The molecule has 1 aliphatic carbocycles. The molecule has 12 heavy (non-hydrogen) atoms. The molecule has 0 spiro atoms. The summed E-state index contributed by atoms with van der Waals surface area (Å²) in [5.74, 6) is 0. The zero-order chi connectivity index (χ0) is 8.97. The lowest BCUT2D eigenvalue weighted by atomic mass is 9.92. The molecule has 0 aromatic heterocycles. The molecule has 0 bridgehead atoms. The van der Waals surface area contributed by atoms with Crippen LogP contribution in [0.3, 0.4) is 0 Å². The maximum atomic E-state index is 5.15. The predicted molar refractivity (Wildman–Crippen MR) is 48.0 cm³/mol. The van der Waals surface area contributed by atoms with E-state index in [4.69, 9.17) is 9.47 Å². The lowest BCUT2D eigenvalue weighted by Gasteiger charge is -2.32. The Kier molecular flexibility index (Phi) is 3.98. The summed E-state index contributed by atoms with van der Waals surface area (Å²) in [5.41, 5.74) is 0. The smallest absolute Gasteiger partial charge is 0.171 e. The number of ether oxygens (including phenoxy) is 2. The van der Waals surface area contributed by atoms with Crippen molar-refractivity contribution in [1.29, 1.82) is 0 Å². The highest BCUT2D eigenvalue weighted by Gasteiger charge is 2.23. The van der Waals surface area contributed by atoms with E-state index in [-0.39, 0.29) is 12.3 Å². The highest BCUT2D eigenvalue weighted by molar-refractivity contribution is 4.80. The molecule has 3 heteroatoms. The van der Waals surface area contributed by atoms with Crippen LogP contribution in [0, 0.1) is 0 Å². The quantitative estimate of drug-likeness (QED) is 0.632. The molecule has 1 fully saturated rings. The number of hydrogen-bond acceptors (Lipinski definition) is 3. The van der Waals surface area contributed by atoms with E-state index >= 15 is 0 Å². The van der Waals surface area contributed by atoms with E-state index in [2.05, 4.69) is 12.2 Å². The van der Waals surface area contributed by atoms with Crippen molar-refractivity contribution in [3.8, 4) is 0 Å². The van der Waals surface area contributed by atoms with Gasteiger partial charge in [0.2, 0.25) is 0 Å². The minimum atomic E-state index is -0.120. The number of methoxy groups -OCH3 is 2. The Balaban J connectivity index is 2.19. The number of hydrogen-bond donors (Lipinski definition) is 1. The molecule has 0 aromatic rings. The van der Waals surface area contributed by atoms with Crippen molar-refractivity contribution < 1.29 is 9.47 Å². The van der Waals surface area contributed by atoms with Gasteiger partial charge in [-0.15, -0.1) is 0 Å². The fraction of sp³-hybridized carbons (Fsp3) is 1.00. The Bertz CT molecular complexity index is 122. The second-order valence-electron chi connectivity index (χ2n) is 3.42. The Morgan fingerprint density at radius 2 is 1.83 bits per heavy atom. The topological polar surface area (TPSA) is 30.5 Å². The van der Waals surface area contributed by atoms with Gasteiger partial charge in [0.25, 0.3) is 0 Å². The first kappa shape index (κ1) is 9.96. The maximum absolute atomic E-state index is 5.15. The van der Waals surface area contributed by atoms with E-state index in [0.29, 0.717) is 6.04 Å². The van der Waals surface area contributed by atoms with Gasteiger partial charge in [-0.2, -0.15) is 0 Å². The molecular formula is C9H19NO2. The van der Waals surface area contributed by atoms with Gasteiger partial charge < -0.3 is 14.8 Å². The van der Waals surface area contributed by atoms with Gasteiger partial charge >= 0.3 is 0 Å². The SMILES string of the molecule is COC(OC)C(C)NC1CCC1. The molecular weight excluding hydrogens is 154 g/mol. The normalized spacial score (nSPS) is 21.0. The molecule has 1 unspecified atom stereocenters. The van der Waals surface area contributed by atoms with Crippen molar-refractivity contribution >= 4 is 0 Å². The largest absolute Gasteiger partial charge is 0.354 e. The molecule has 3 nitrogen and oxygen atoms in total. The molecule has 0 radical (unpaired) electrons. The van der Waals surface area contributed by atoms with Gasteiger partial charge in [-0.25, -0.2) is 0 Å². The van der Waals surface area contributed by atoms with Gasteiger partial charge in [0, 0.05) is 20.3 Å². The first-order chi connectivity index (χ1) is 5.77. The molecule has 72 valence electrons. The van der Waals surface area contributed by atoms with E-state index < -0.39 is 0 Å². The minimum Gasteiger partial charge on any atom is -0.354 e. The molecule has 1 N–H and O–H groups in total. The molecule has 0 heterocycles. The molecule has 0 saturated heterocycles. The van der Waals surface area contributed by atoms with Crippen LogP contribution in [0.15, 0.2) is 0 Å².